The van der Waals surface area contributed by atoms with Crippen molar-refractivity contribution in [1.29, 1.82) is 0 Å². The predicted molar refractivity (Wildman–Crippen MR) is 125 cm³/mol. The second kappa shape index (κ2) is 9.70. The average Bonchev–Trinajstić information content (AvgIpc) is 2.81. The standard InChI is InChI=1S/C24H20ClFN4O3/c25-17-7-5-16(6-8-17)13-27-22(31)14-29-20-3-1-2-4-21(20)30(15-23(29)32)24(33)28-19-11-9-18(26)10-12-19/h1-12H,13-15H2,(H,27,31)(H,28,33). The lowest BCUT2D eigenvalue weighted by Gasteiger charge is -2.35. The molecular weight excluding hydrogens is 447 g/mol. The summed E-state index contributed by atoms with van der Waals surface area (Å²) in [6.07, 6.45) is 0. The van der Waals surface area contributed by atoms with Gasteiger partial charge in [-0.1, -0.05) is 35.9 Å². The molecule has 0 spiro atoms. The number of halogens is 2. The second-order valence-corrected chi connectivity index (χ2v) is 7.83. The van der Waals surface area contributed by atoms with Crippen LogP contribution in [-0.4, -0.2) is 30.9 Å². The molecule has 3 aromatic carbocycles. The third kappa shape index (κ3) is 5.30. The number of benzene rings is 3. The van der Waals surface area contributed by atoms with E-state index in [0.29, 0.717) is 28.6 Å². The summed E-state index contributed by atoms with van der Waals surface area (Å²) in [5.41, 5.74) is 2.21. The first-order chi connectivity index (χ1) is 15.9. The van der Waals surface area contributed by atoms with Gasteiger partial charge in [0.15, 0.2) is 0 Å². The van der Waals surface area contributed by atoms with Gasteiger partial charge in [-0.05, 0) is 54.1 Å². The SMILES string of the molecule is O=C(CN1C(=O)CN(C(=O)Nc2ccc(F)cc2)c2ccccc21)NCc1ccc(Cl)cc1. The van der Waals surface area contributed by atoms with Crippen molar-refractivity contribution in [2.24, 2.45) is 0 Å². The largest absolute Gasteiger partial charge is 0.350 e. The van der Waals surface area contributed by atoms with Gasteiger partial charge in [-0.25, -0.2) is 9.18 Å². The van der Waals surface area contributed by atoms with E-state index in [4.69, 9.17) is 11.6 Å². The Kier molecular flexibility index (Phi) is 6.55. The number of nitrogens with one attached hydrogen (secondary N) is 2. The molecular formula is C24H20ClFN4O3. The van der Waals surface area contributed by atoms with Gasteiger partial charge < -0.3 is 10.6 Å². The highest BCUT2D eigenvalue weighted by atomic mass is 35.5. The van der Waals surface area contributed by atoms with Crippen molar-refractivity contribution in [1.82, 2.24) is 5.32 Å². The number of nitrogens with zero attached hydrogens (tertiary/aromatic N) is 2. The van der Waals surface area contributed by atoms with Crippen molar-refractivity contribution in [3.05, 3.63) is 89.2 Å². The molecule has 4 amide bonds. The molecule has 4 rings (SSSR count). The minimum atomic E-state index is -0.533. The molecule has 0 aliphatic carbocycles. The van der Waals surface area contributed by atoms with Gasteiger partial charge in [0.05, 0.1) is 11.4 Å². The van der Waals surface area contributed by atoms with E-state index in [1.165, 1.54) is 34.1 Å². The van der Waals surface area contributed by atoms with E-state index in [9.17, 15) is 18.8 Å². The Bertz CT molecular complexity index is 1190. The van der Waals surface area contributed by atoms with Crippen LogP contribution >= 0.6 is 11.6 Å². The van der Waals surface area contributed by atoms with Gasteiger partial charge >= 0.3 is 6.03 Å². The molecule has 33 heavy (non-hydrogen) atoms. The summed E-state index contributed by atoms with van der Waals surface area (Å²) >= 11 is 5.87. The lowest BCUT2D eigenvalue weighted by Crippen LogP contribution is -2.51. The Morgan fingerprint density at radius 2 is 1.61 bits per heavy atom. The average molecular weight is 467 g/mol. The highest BCUT2D eigenvalue weighted by Gasteiger charge is 2.33. The molecule has 0 unspecified atom stereocenters. The van der Waals surface area contributed by atoms with E-state index in [1.54, 1.807) is 36.4 Å². The number of para-hydroxylation sites is 2. The predicted octanol–water partition coefficient (Wildman–Crippen LogP) is 4.18. The summed E-state index contributed by atoms with van der Waals surface area (Å²) in [4.78, 5) is 40.9. The maximum atomic E-state index is 13.1. The number of urea groups is 1. The summed E-state index contributed by atoms with van der Waals surface area (Å²) in [6, 6.07) is 18.7. The summed E-state index contributed by atoms with van der Waals surface area (Å²) in [5.74, 6) is -1.15. The van der Waals surface area contributed by atoms with Crippen LogP contribution in [0.25, 0.3) is 0 Å². The van der Waals surface area contributed by atoms with Crippen molar-refractivity contribution in [3.8, 4) is 0 Å². The molecule has 2 N–H and O–H groups in total. The molecule has 3 aromatic rings. The normalized spacial score (nSPS) is 12.8. The van der Waals surface area contributed by atoms with Gasteiger partial charge in [-0.3, -0.25) is 19.4 Å². The molecule has 0 fully saturated rings. The molecule has 0 atom stereocenters. The van der Waals surface area contributed by atoms with Crippen LogP contribution in [0.1, 0.15) is 5.56 Å². The maximum Gasteiger partial charge on any atom is 0.326 e. The number of hydrogen-bond acceptors (Lipinski definition) is 3. The van der Waals surface area contributed by atoms with Gasteiger partial charge in [0, 0.05) is 17.3 Å². The minimum Gasteiger partial charge on any atom is -0.350 e. The Morgan fingerprint density at radius 1 is 0.939 bits per heavy atom. The van der Waals surface area contributed by atoms with E-state index in [2.05, 4.69) is 10.6 Å². The highest BCUT2D eigenvalue weighted by molar-refractivity contribution is 6.30. The van der Waals surface area contributed by atoms with Crippen LogP contribution in [0.15, 0.2) is 72.8 Å². The maximum absolute atomic E-state index is 13.1. The Balaban J connectivity index is 1.46. The number of carbonyl (C=O) groups is 3. The third-order valence-corrected chi connectivity index (χ3v) is 5.36. The number of fused-ring (bicyclic) bond motifs is 1. The lowest BCUT2D eigenvalue weighted by atomic mass is 10.1. The number of hydrogen-bond donors (Lipinski definition) is 2. The molecule has 0 saturated carbocycles. The van der Waals surface area contributed by atoms with Gasteiger partial charge in [0.2, 0.25) is 11.8 Å². The number of anilines is 3. The van der Waals surface area contributed by atoms with Gasteiger partial charge in [0.25, 0.3) is 0 Å². The molecule has 168 valence electrons. The van der Waals surface area contributed by atoms with Crippen LogP contribution in [-0.2, 0) is 16.1 Å². The van der Waals surface area contributed by atoms with E-state index in [0.717, 1.165) is 5.56 Å². The summed E-state index contributed by atoms with van der Waals surface area (Å²) in [6.45, 7) is -0.128. The van der Waals surface area contributed by atoms with Crippen LogP contribution in [0.3, 0.4) is 0 Å². The van der Waals surface area contributed by atoms with E-state index < -0.39 is 17.8 Å². The van der Waals surface area contributed by atoms with Crippen molar-refractivity contribution < 1.29 is 18.8 Å². The van der Waals surface area contributed by atoms with E-state index in [1.807, 2.05) is 12.1 Å². The fourth-order valence-electron chi connectivity index (χ4n) is 3.44. The minimum absolute atomic E-state index is 0.184. The van der Waals surface area contributed by atoms with Crippen LogP contribution < -0.4 is 20.4 Å². The molecule has 0 saturated heterocycles. The first kappa shape index (κ1) is 22.3. The second-order valence-electron chi connectivity index (χ2n) is 7.39. The first-order valence-corrected chi connectivity index (χ1v) is 10.5. The van der Waals surface area contributed by atoms with Crippen LogP contribution in [0, 0.1) is 5.82 Å². The number of rotatable bonds is 5. The molecule has 1 aliphatic rings. The van der Waals surface area contributed by atoms with Crippen molar-refractivity contribution in [2.75, 3.05) is 28.2 Å². The quantitative estimate of drug-likeness (QED) is 0.592. The Morgan fingerprint density at radius 3 is 2.30 bits per heavy atom. The van der Waals surface area contributed by atoms with Crippen LogP contribution in [0.5, 0.6) is 0 Å². The monoisotopic (exact) mass is 466 g/mol. The molecule has 1 aliphatic heterocycles. The Hall–Kier alpha value is -3.91. The first-order valence-electron chi connectivity index (χ1n) is 10.2. The zero-order valence-corrected chi connectivity index (χ0v) is 18.2. The van der Waals surface area contributed by atoms with Gasteiger partial charge in [0.1, 0.15) is 18.9 Å². The smallest absolute Gasteiger partial charge is 0.326 e. The fourth-order valence-corrected chi connectivity index (χ4v) is 3.57. The number of carbonyl (C=O) groups excluding carboxylic acids is 3. The third-order valence-electron chi connectivity index (χ3n) is 5.10. The van der Waals surface area contributed by atoms with Gasteiger partial charge in [-0.15, -0.1) is 0 Å². The zero-order valence-electron chi connectivity index (χ0n) is 17.4. The summed E-state index contributed by atoms with van der Waals surface area (Å²) in [5, 5.41) is 6.05. The summed E-state index contributed by atoms with van der Waals surface area (Å²) < 4.78 is 13.1. The molecule has 1 heterocycles. The van der Waals surface area contributed by atoms with Crippen molar-refractivity contribution in [3.63, 3.8) is 0 Å². The fraction of sp³-hybridized carbons (Fsp3) is 0.125. The number of amides is 4. The lowest BCUT2D eigenvalue weighted by molar-refractivity contribution is -0.123. The van der Waals surface area contributed by atoms with Crippen molar-refractivity contribution >= 4 is 46.5 Å². The van der Waals surface area contributed by atoms with E-state index in [-0.39, 0.29) is 19.0 Å². The highest BCUT2D eigenvalue weighted by Crippen LogP contribution is 2.33. The van der Waals surface area contributed by atoms with Crippen LogP contribution in [0.2, 0.25) is 5.02 Å². The zero-order chi connectivity index (χ0) is 23.4. The molecule has 7 nitrogen and oxygen atoms in total. The van der Waals surface area contributed by atoms with Crippen molar-refractivity contribution in [2.45, 2.75) is 6.54 Å². The molecule has 0 bridgehead atoms. The summed E-state index contributed by atoms with van der Waals surface area (Å²) in [7, 11) is 0. The van der Waals surface area contributed by atoms with Crippen LogP contribution in [0.4, 0.5) is 26.2 Å². The molecule has 9 heteroatoms. The van der Waals surface area contributed by atoms with E-state index >= 15 is 0 Å². The molecule has 0 radical (unpaired) electrons. The van der Waals surface area contributed by atoms with Gasteiger partial charge in [-0.2, -0.15) is 0 Å². The topological polar surface area (TPSA) is 81.8 Å². The Labute approximate surface area is 194 Å². The molecule has 0 aromatic heterocycles.